The van der Waals surface area contributed by atoms with Crippen molar-refractivity contribution in [1.29, 1.82) is 0 Å². The van der Waals surface area contributed by atoms with Gasteiger partial charge in [-0.25, -0.2) is 0 Å². The molecule has 5 nitrogen and oxygen atoms in total. The molecule has 1 N–H and O–H groups in total. The number of hydrogen-bond acceptors (Lipinski definition) is 4. The summed E-state index contributed by atoms with van der Waals surface area (Å²) in [6, 6.07) is 13.9. The Labute approximate surface area is 236 Å². The van der Waals surface area contributed by atoms with Gasteiger partial charge in [0.05, 0.1) is 26.0 Å². The van der Waals surface area contributed by atoms with Crippen LogP contribution < -0.4 is 10.3 Å². The summed E-state index contributed by atoms with van der Waals surface area (Å²) in [5.41, 5.74) is 3.10. The lowest BCUT2D eigenvalue weighted by Crippen LogP contribution is -2.39. The second-order valence-electron chi connectivity index (χ2n) is 11.8. The number of aromatic hydroxyl groups is 1. The molecular formula is C34H51N2O3+. The number of unbranched alkanes of at least 4 members (excludes halogenated alkanes) is 7. The van der Waals surface area contributed by atoms with E-state index >= 15 is 0 Å². The van der Waals surface area contributed by atoms with Gasteiger partial charge in [-0.1, -0.05) is 59.3 Å². The van der Waals surface area contributed by atoms with Crippen molar-refractivity contribution < 1.29 is 14.0 Å². The molecule has 0 atom stereocenters. The Balaban J connectivity index is 1.76. The standard InChI is InChI=1S/C34H50N2O3/c1-6-9-12-13-14-15-24-36(4,5)26-27-16-21-31-30(25-27)32(37)33(38)34(39-31)28-17-19-29(20-18-28)35(22-10-7-2)23-11-8-3/h16-21,25H,6-15,22-24,26H2,1-5H3/p+1. The van der Waals surface area contributed by atoms with Gasteiger partial charge in [0.25, 0.3) is 0 Å². The smallest absolute Gasteiger partial charge is 0.235 e. The van der Waals surface area contributed by atoms with Gasteiger partial charge in [-0.05, 0) is 68.1 Å². The largest absolute Gasteiger partial charge is 0.502 e. The number of hydrogen-bond donors (Lipinski definition) is 1. The van der Waals surface area contributed by atoms with E-state index in [9.17, 15) is 9.90 Å². The number of anilines is 1. The monoisotopic (exact) mass is 535 g/mol. The van der Waals surface area contributed by atoms with E-state index in [1.54, 1.807) is 0 Å². The highest BCUT2D eigenvalue weighted by Crippen LogP contribution is 2.32. The predicted octanol–water partition coefficient (Wildman–Crippen LogP) is 8.51. The van der Waals surface area contributed by atoms with Gasteiger partial charge in [-0.15, -0.1) is 0 Å². The summed E-state index contributed by atoms with van der Waals surface area (Å²) < 4.78 is 6.99. The Bertz CT molecular complexity index is 1210. The van der Waals surface area contributed by atoms with E-state index in [1.165, 1.54) is 38.5 Å². The summed E-state index contributed by atoms with van der Waals surface area (Å²) in [5, 5.41) is 11.3. The third-order valence-corrected chi connectivity index (χ3v) is 7.72. The molecule has 0 spiro atoms. The van der Waals surface area contributed by atoms with Crippen LogP contribution in [0, 0.1) is 0 Å². The number of rotatable bonds is 17. The van der Waals surface area contributed by atoms with E-state index in [2.05, 4.69) is 58.0 Å². The fourth-order valence-electron chi connectivity index (χ4n) is 5.31. The molecule has 39 heavy (non-hydrogen) atoms. The van der Waals surface area contributed by atoms with E-state index in [4.69, 9.17) is 4.42 Å². The van der Waals surface area contributed by atoms with Crippen LogP contribution >= 0.6 is 0 Å². The molecule has 1 aromatic heterocycles. The van der Waals surface area contributed by atoms with Crippen molar-refractivity contribution in [2.45, 2.75) is 91.5 Å². The molecule has 0 amide bonds. The second-order valence-corrected chi connectivity index (χ2v) is 11.8. The zero-order chi connectivity index (χ0) is 28.3. The van der Waals surface area contributed by atoms with Crippen LogP contribution in [0.1, 0.15) is 90.5 Å². The second kappa shape index (κ2) is 15.1. The molecule has 0 fully saturated rings. The lowest BCUT2D eigenvalue weighted by atomic mass is 10.1. The van der Waals surface area contributed by atoms with Gasteiger partial charge in [0.1, 0.15) is 12.1 Å². The van der Waals surface area contributed by atoms with Crippen molar-refractivity contribution in [3.63, 3.8) is 0 Å². The van der Waals surface area contributed by atoms with E-state index < -0.39 is 0 Å². The normalized spacial score (nSPS) is 11.8. The molecule has 3 rings (SSSR count). The maximum absolute atomic E-state index is 13.2. The van der Waals surface area contributed by atoms with Crippen LogP contribution in [0.3, 0.4) is 0 Å². The van der Waals surface area contributed by atoms with Crippen molar-refractivity contribution in [1.82, 2.24) is 0 Å². The zero-order valence-electron chi connectivity index (χ0n) is 25.1. The van der Waals surface area contributed by atoms with Crippen LogP contribution in [-0.4, -0.2) is 43.3 Å². The average molecular weight is 536 g/mol. The van der Waals surface area contributed by atoms with Gasteiger partial charge in [-0.3, -0.25) is 4.79 Å². The van der Waals surface area contributed by atoms with Crippen molar-refractivity contribution in [2.75, 3.05) is 38.6 Å². The fourth-order valence-corrected chi connectivity index (χ4v) is 5.31. The van der Waals surface area contributed by atoms with Crippen LogP contribution in [0.2, 0.25) is 0 Å². The molecule has 1 heterocycles. The van der Waals surface area contributed by atoms with E-state index in [0.29, 0.717) is 16.5 Å². The highest BCUT2D eigenvalue weighted by molar-refractivity contribution is 5.82. The van der Waals surface area contributed by atoms with Crippen LogP contribution in [0.25, 0.3) is 22.3 Å². The molecule has 0 unspecified atom stereocenters. The first kappa shape index (κ1) is 30.7. The molecule has 0 aliphatic carbocycles. The molecule has 5 heteroatoms. The Hall–Kier alpha value is -2.79. The maximum Gasteiger partial charge on any atom is 0.235 e. The van der Waals surface area contributed by atoms with Crippen LogP contribution in [0.4, 0.5) is 5.69 Å². The van der Waals surface area contributed by atoms with Gasteiger partial charge in [0.2, 0.25) is 11.2 Å². The first-order chi connectivity index (χ1) is 18.8. The molecule has 0 saturated carbocycles. The van der Waals surface area contributed by atoms with Crippen molar-refractivity contribution >= 4 is 16.7 Å². The third-order valence-electron chi connectivity index (χ3n) is 7.72. The van der Waals surface area contributed by atoms with Crippen LogP contribution in [-0.2, 0) is 6.54 Å². The molecule has 2 aromatic carbocycles. The van der Waals surface area contributed by atoms with Crippen LogP contribution in [0.15, 0.2) is 51.7 Å². The Morgan fingerprint density at radius 1 is 0.795 bits per heavy atom. The molecular weight excluding hydrogens is 484 g/mol. The summed E-state index contributed by atoms with van der Waals surface area (Å²) in [4.78, 5) is 15.6. The van der Waals surface area contributed by atoms with Gasteiger partial charge >= 0.3 is 0 Å². The van der Waals surface area contributed by atoms with Gasteiger partial charge in [0.15, 0.2) is 5.76 Å². The lowest BCUT2D eigenvalue weighted by molar-refractivity contribution is -0.903. The zero-order valence-corrected chi connectivity index (χ0v) is 25.1. The van der Waals surface area contributed by atoms with Crippen molar-refractivity contribution in [2.24, 2.45) is 0 Å². The number of fused-ring (bicyclic) bond motifs is 1. The fraction of sp³-hybridized carbons (Fsp3) is 0.559. The molecule has 214 valence electrons. The highest BCUT2D eigenvalue weighted by Gasteiger charge is 2.19. The Morgan fingerprint density at radius 3 is 2.05 bits per heavy atom. The van der Waals surface area contributed by atoms with Crippen LogP contribution in [0.5, 0.6) is 5.75 Å². The minimum Gasteiger partial charge on any atom is -0.502 e. The third kappa shape index (κ3) is 8.86. The van der Waals surface area contributed by atoms with E-state index in [0.717, 1.165) is 67.6 Å². The molecule has 0 aliphatic heterocycles. The molecule has 0 aliphatic rings. The Morgan fingerprint density at radius 2 is 1.41 bits per heavy atom. The minimum absolute atomic E-state index is 0.236. The van der Waals surface area contributed by atoms with Gasteiger partial charge in [0, 0.05) is 29.9 Å². The highest BCUT2D eigenvalue weighted by atomic mass is 16.4. The number of benzene rings is 2. The van der Waals surface area contributed by atoms with Gasteiger partial charge < -0.3 is 18.9 Å². The molecule has 3 aromatic rings. The topological polar surface area (TPSA) is 53.7 Å². The quantitative estimate of drug-likeness (QED) is 0.139. The Kier molecular flexibility index (Phi) is 11.9. The molecule has 0 saturated heterocycles. The van der Waals surface area contributed by atoms with E-state index in [1.807, 2.05) is 24.3 Å². The summed E-state index contributed by atoms with van der Waals surface area (Å²) in [6.07, 6.45) is 12.4. The predicted molar refractivity (Wildman–Crippen MR) is 166 cm³/mol. The average Bonchev–Trinajstić information content (AvgIpc) is 2.93. The number of nitrogens with zero attached hydrogens (tertiary/aromatic N) is 2. The first-order valence-electron chi connectivity index (χ1n) is 15.3. The maximum atomic E-state index is 13.2. The SMILES string of the molecule is CCCCCCCC[N+](C)(C)Cc1ccc2oc(-c3ccc(N(CCCC)CCCC)cc3)c(O)c(=O)c2c1. The minimum atomic E-state index is -0.370. The van der Waals surface area contributed by atoms with Gasteiger partial charge in [-0.2, -0.15) is 0 Å². The lowest BCUT2D eigenvalue weighted by Gasteiger charge is -2.30. The number of quaternary nitrogens is 1. The molecule has 0 bridgehead atoms. The molecule has 0 radical (unpaired) electrons. The van der Waals surface area contributed by atoms with Crippen molar-refractivity contribution in [3.05, 3.63) is 58.3 Å². The summed E-state index contributed by atoms with van der Waals surface area (Å²) in [5.74, 6) is -0.0818. The summed E-state index contributed by atoms with van der Waals surface area (Å²) in [7, 11) is 4.49. The summed E-state index contributed by atoms with van der Waals surface area (Å²) in [6.45, 7) is 10.7. The van der Waals surface area contributed by atoms with E-state index in [-0.39, 0.29) is 16.9 Å². The van der Waals surface area contributed by atoms with Crippen molar-refractivity contribution in [3.8, 4) is 17.1 Å². The first-order valence-corrected chi connectivity index (χ1v) is 15.3. The summed E-state index contributed by atoms with van der Waals surface area (Å²) >= 11 is 0.